The fraction of sp³-hybridized carbons (Fsp3) is 0.370. The van der Waals surface area contributed by atoms with E-state index in [1.54, 1.807) is 22.5 Å². The molecule has 0 amide bonds. The highest BCUT2D eigenvalue weighted by molar-refractivity contribution is 9.09. The molecule has 0 saturated heterocycles. The minimum Gasteiger partial charge on any atom is -0.202 e. The maximum absolute atomic E-state index is 3.48. The molecule has 4 aromatic carbocycles. The van der Waals surface area contributed by atoms with Crippen LogP contribution in [0.1, 0.15) is 96.1 Å². The van der Waals surface area contributed by atoms with Gasteiger partial charge in [-0.05, 0) is 134 Å². The van der Waals surface area contributed by atoms with Crippen molar-refractivity contribution in [3.05, 3.63) is 178 Å². The van der Waals surface area contributed by atoms with Crippen LogP contribution in [-0.2, 0) is 64.5 Å². The van der Waals surface area contributed by atoms with Crippen molar-refractivity contribution in [3.63, 3.8) is 0 Å². The van der Waals surface area contributed by atoms with Crippen molar-refractivity contribution in [3.8, 4) is 22.3 Å². The second-order valence-corrected chi connectivity index (χ2v) is 17.9. The zero-order valence-electron chi connectivity index (χ0n) is 34.5. The standard InChI is InChI=1S/C36H42N2.C18H20Br2/c1-3-15-35-33(11-1)13-7-27-37(35)25-5-9-29-17-21-31(22-18-29)32-23-19-30(20-24-32)10-6-26-38-28-8-14-34-12-2-4-16-36(34)38;19-13-1-3-15-5-9-17(10-6-15)18-11-7-16(8-12-18)4-2-14-20/h7-8,13-14,17-24,27-28H,1-6,9-12,15-16,25-26H2;5-12H,1-4,13-14H2/q+2;. The molecular weight excluding hydrogens is 836 g/mol. The average Bonchev–Trinajstić information content (AvgIpc) is 3.29. The van der Waals surface area contributed by atoms with Crippen molar-refractivity contribution in [1.29, 1.82) is 0 Å². The molecule has 0 spiro atoms. The summed E-state index contributed by atoms with van der Waals surface area (Å²) in [6.45, 7) is 2.25. The van der Waals surface area contributed by atoms with Gasteiger partial charge in [-0.1, -0.05) is 129 Å². The number of pyridine rings is 2. The molecule has 4 heteroatoms. The first-order chi connectivity index (χ1) is 28.7. The molecule has 2 nitrogen and oxygen atoms in total. The van der Waals surface area contributed by atoms with E-state index in [-0.39, 0.29) is 0 Å². The molecular formula is C54H62Br2N2+2. The third-order valence-electron chi connectivity index (χ3n) is 12.2. The van der Waals surface area contributed by atoms with E-state index in [4.69, 9.17) is 0 Å². The number of rotatable bonds is 16. The lowest BCUT2D eigenvalue weighted by molar-refractivity contribution is -0.705. The summed E-state index contributed by atoms with van der Waals surface area (Å²) in [7, 11) is 0. The predicted molar refractivity (Wildman–Crippen MR) is 251 cm³/mol. The van der Waals surface area contributed by atoms with Crippen LogP contribution in [0.2, 0.25) is 0 Å². The van der Waals surface area contributed by atoms with Crippen molar-refractivity contribution in [1.82, 2.24) is 0 Å². The molecule has 6 aromatic rings. The number of hydrogen-bond donors (Lipinski definition) is 0. The molecule has 2 aliphatic rings. The molecule has 0 N–H and O–H groups in total. The highest BCUT2D eigenvalue weighted by Crippen LogP contribution is 2.24. The summed E-state index contributed by atoms with van der Waals surface area (Å²) >= 11 is 6.96. The lowest BCUT2D eigenvalue weighted by Gasteiger charge is -2.14. The van der Waals surface area contributed by atoms with E-state index < -0.39 is 0 Å². The highest BCUT2D eigenvalue weighted by Gasteiger charge is 2.20. The highest BCUT2D eigenvalue weighted by atomic mass is 79.9. The summed E-state index contributed by atoms with van der Waals surface area (Å²) in [5.74, 6) is 0. The van der Waals surface area contributed by atoms with Gasteiger partial charge < -0.3 is 0 Å². The van der Waals surface area contributed by atoms with Crippen molar-refractivity contribution >= 4 is 31.9 Å². The van der Waals surface area contributed by atoms with Crippen LogP contribution in [0.4, 0.5) is 0 Å². The Kier molecular flexibility index (Phi) is 16.4. The Labute approximate surface area is 366 Å². The lowest BCUT2D eigenvalue weighted by Crippen LogP contribution is -2.40. The maximum atomic E-state index is 3.48. The number of aromatic nitrogens is 2. The van der Waals surface area contributed by atoms with Gasteiger partial charge in [-0.2, -0.15) is 0 Å². The number of alkyl halides is 2. The Bertz CT molecular complexity index is 1980. The quantitative estimate of drug-likeness (QED) is 0.0675. The molecule has 0 radical (unpaired) electrons. The van der Waals surface area contributed by atoms with Crippen LogP contribution >= 0.6 is 31.9 Å². The molecule has 2 aromatic heterocycles. The van der Waals surface area contributed by atoms with Crippen LogP contribution in [0, 0.1) is 0 Å². The Morgan fingerprint density at radius 3 is 1.00 bits per heavy atom. The van der Waals surface area contributed by atoms with Gasteiger partial charge in [0.15, 0.2) is 23.8 Å². The van der Waals surface area contributed by atoms with E-state index in [9.17, 15) is 0 Å². The minimum absolute atomic E-state index is 1.07. The number of hydrogen-bond acceptors (Lipinski definition) is 0. The van der Waals surface area contributed by atoms with Gasteiger partial charge in [0.05, 0.1) is 0 Å². The molecule has 2 aliphatic carbocycles. The second kappa shape index (κ2) is 22.5. The first-order valence-corrected chi connectivity index (χ1v) is 24.4. The lowest BCUT2D eigenvalue weighted by atomic mass is 9.95. The number of benzene rings is 4. The van der Waals surface area contributed by atoms with Gasteiger partial charge in [-0.15, -0.1) is 0 Å². The SMILES string of the molecule is BrCCCc1ccc(-c2ccc(CCCBr)cc2)cc1.c1cc2c([n+](CCCc3ccc(-c4ccc(CCC[n+]5cccc6c5CCCC6)cc4)cc3)c1)CCCC2. The molecule has 58 heavy (non-hydrogen) atoms. The Morgan fingerprint density at radius 1 is 0.362 bits per heavy atom. The molecule has 8 rings (SSSR count). The minimum atomic E-state index is 1.07. The van der Waals surface area contributed by atoms with E-state index in [0.29, 0.717) is 0 Å². The van der Waals surface area contributed by atoms with Crippen LogP contribution in [0.5, 0.6) is 0 Å². The Hall–Kier alpha value is -3.86. The van der Waals surface area contributed by atoms with E-state index in [0.717, 1.165) is 49.4 Å². The number of fused-ring (bicyclic) bond motifs is 2. The summed E-state index contributed by atoms with van der Waals surface area (Å²) in [5, 5.41) is 2.15. The van der Waals surface area contributed by atoms with Crippen molar-refractivity contribution in [2.24, 2.45) is 0 Å². The zero-order chi connectivity index (χ0) is 39.8. The summed E-state index contributed by atoms with van der Waals surface area (Å²) in [6, 6.07) is 45.6. The number of nitrogens with zero attached hydrogens (tertiary/aromatic N) is 2. The molecule has 0 atom stereocenters. The van der Waals surface area contributed by atoms with Gasteiger partial charge in [0.2, 0.25) is 0 Å². The molecule has 2 heterocycles. The molecule has 0 saturated carbocycles. The summed E-state index contributed by atoms with van der Waals surface area (Å²) < 4.78 is 5.02. The van der Waals surface area contributed by atoms with Crippen LogP contribution in [0.25, 0.3) is 22.3 Å². The van der Waals surface area contributed by atoms with Crippen molar-refractivity contribution in [2.45, 2.75) is 116 Å². The summed E-state index contributed by atoms with van der Waals surface area (Å²) in [6.07, 6.45) is 24.3. The van der Waals surface area contributed by atoms with Crippen molar-refractivity contribution < 1.29 is 9.13 Å². The fourth-order valence-corrected chi connectivity index (χ4v) is 9.43. The smallest absolute Gasteiger partial charge is 0.184 e. The van der Waals surface area contributed by atoms with Crippen LogP contribution in [0.15, 0.2) is 134 Å². The topological polar surface area (TPSA) is 7.76 Å². The van der Waals surface area contributed by atoms with Crippen molar-refractivity contribution in [2.75, 3.05) is 10.7 Å². The van der Waals surface area contributed by atoms with E-state index in [1.807, 2.05) is 0 Å². The van der Waals surface area contributed by atoms with E-state index in [1.165, 1.54) is 122 Å². The Morgan fingerprint density at radius 2 is 0.672 bits per heavy atom. The fourth-order valence-electron chi connectivity index (χ4n) is 8.87. The second-order valence-electron chi connectivity index (χ2n) is 16.3. The number of halogens is 2. The van der Waals surface area contributed by atoms with Gasteiger partial charge in [-0.3, -0.25) is 0 Å². The normalized spacial score (nSPS) is 13.3. The molecule has 300 valence electrons. The predicted octanol–water partition coefficient (Wildman–Crippen LogP) is 13.0. The van der Waals surface area contributed by atoms with Gasteiger partial charge in [0, 0.05) is 59.6 Å². The third kappa shape index (κ3) is 12.1. The van der Waals surface area contributed by atoms with Gasteiger partial charge in [0.25, 0.3) is 0 Å². The first-order valence-electron chi connectivity index (χ1n) is 22.2. The monoisotopic (exact) mass is 896 g/mol. The maximum Gasteiger partial charge on any atom is 0.184 e. The summed E-state index contributed by atoms with van der Waals surface area (Å²) in [5.41, 5.74) is 17.3. The number of aryl methyl sites for hydroxylation is 8. The van der Waals surface area contributed by atoms with Gasteiger partial charge in [0.1, 0.15) is 13.1 Å². The van der Waals surface area contributed by atoms with Crippen LogP contribution in [0.3, 0.4) is 0 Å². The van der Waals surface area contributed by atoms with Crippen LogP contribution in [-0.4, -0.2) is 10.7 Å². The third-order valence-corrected chi connectivity index (χ3v) is 13.3. The first kappa shape index (κ1) is 42.3. The van der Waals surface area contributed by atoms with Crippen LogP contribution < -0.4 is 9.13 Å². The molecule has 0 aliphatic heterocycles. The average molecular weight is 899 g/mol. The molecule has 0 fully saturated rings. The van der Waals surface area contributed by atoms with Gasteiger partial charge in [-0.25, -0.2) is 9.13 Å². The molecule has 0 unspecified atom stereocenters. The Balaban J connectivity index is 0.000000216. The zero-order valence-corrected chi connectivity index (χ0v) is 37.7. The van der Waals surface area contributed by atoms with E-state index >= 15 is 0 Å². The summed E-state index contributed by atoms with van der Waals surface area (Å²) in [4.78, 5) is 0. The van der Waals surface area contributed by atoms with Gasteiger partial charge >= 0.3 is 0 Å². The largest absolute Gasteiger partial charge is 0.202 e. The molecule has 0 bridgehead atoms. The van der Waals surface area contributed by atoms with E-state index in [2.05, 4.69) is 175 Å².